The zero-order chi connectivity index (χ0) is 7.61. The molecular formula is C9H17Cl. The average Bonchev–Trinajstić information content (AvgIpc) is 2.72. The summed E-state index contributed by atoms with van der Waals surface area (Å²) in [6.07, 6.45) is 5.37. The maximum absolute atomic E-state index is 5.91. The van der Waals surface area contributed by atoms with Gasteiger partial charge in [0.1, 0.15) is 0 Å². The minimum atomic E-state index is 0.574. The second-order valence-corrected chi connectivity index (χ2v) is 3.78. The second-order valence-electron chi connectivity index (χ2n) is 3.51. The monoisotopic (exact) mass is 160 g/mol. The van der Waals surface area contributed by atoms with Crippen molar-refractivity contribution in [1.29, 1.82) is 0 Å². The molecule has 1 saturated carbocycles. The molecule has 1 heteroatoms. The van der Waals surface area contributed by atoms with Crippen LogP contribution in [0.15, 0.2) is 0 Å². The highest BCUT2D eigenvalue weighted by molar-refractivity contribution is 6.18. The first-order chi connectivity index (χ1) is 4.79. The van der Waals surface area contributed by atoms with E-state index in [1.165, 1.54) is 25.7 Å². The fraction of sp³-hybridized carbons (Fsp3) is 1.00. The standard InChI is InChI=1S/C9H17Cl/c1-3-8(4-2)9(7-10)5-6-9/h8H,3-7H2,1-2H3. The third kappa shape index (κ3) is 1.32. The van der Waals surface area contributed by atoms with Crippen LogP contribution in [-0.2, 0) is 0 Å². The van der Waals surface area contributed by atoms with Crippen LogP contribution in [0.25, 0.3) is 0 Å². The SMILES string of the molecule is CCC(CC)C1(CCl)CC1. The van der Waals surface area contributed by atoms with Crippen LogP contribution in [0.1, 0.15) is 39.5 Å². The Morgan fingerprint density at radius 1 is 1.30 bits per heavy atom. The molecule has 1 aliphatic rings. The molecule has 0 saturated heterocycles. The van der Waals surface area contributed by atoms with Gasteiger partial charge < -0.3 is 0 Å². The van der Waals surface area contributed by atoms with E-state index >= 15 is 0 Å². The Balaban J connectivity index is 2.43. The molecule has 0 bridgehead atoms. The molecule has 0 aliphatic heterocycles. The van der Waals surface area contributed by atoms with Gasteiger partial charge in [-0.2, -0.15) is 0 Å². The van der Waals surface area contributed by atoms with Gasteiger partial charge in [0, 0.05) is 5.88 Å². The quantitative estimate of drug-likeness (QED) is 0.553. The maximum atomic E-state index is 5.91. The summed E-state index contributed by atoms with van der Waals surface area (Å²) < 4.78 is 0. The topological polar surface area (TPSA) is 0 Å². The van der Waals surface area contributed by atoms with Crippen molar-refractivity contribution >= 4 is 11.6 Å². The summed E-state index contributed by atoms with van der Waals surface area (Å²) in [6.45, 7) is 4.56. The van der Waals surface area contributed by atoms with Crippen LogP contribution in [0.3, 0.4) is 0 Å². The first-order valence-corrected chi connectivity index (χ1v) is 4.88. The maximum Gasteiger partial charge on any atom is 0.0282 e. The Morgan fingerprint density at radius 3 is 1.90 bits per heavy atom. The Labute approximate surface area is 69.0 Å². The van der Waals surface area contributed by atoms with Gasteiger partial charge in [-0.1, -0.05) is 26.7 Å². The minimum Gasteiger partial charge on any atom is -0.126 e. The van der Waals surface area contributed by atoms with Crippen LogP contribution < -0.4 is 0 Å². The Morgan fingerprint density at radius 2 is 1.80 bits per heavy atom. The Bertz CT molecular complexity index is 101. The molecule has 1 fully saturated rings. The van der Waals surface area contributed by atoms with Crippen LogP contribution in [0, 0.1) is 11.3 Å². The van der Waals surface area contributed by atoms with Gasteiger partial charge in [-0.05, 0) is 24.2 Å². The van der Waals surface area contributed by atoms with E-state index < -0.39 is 0 Å². The van der Waals surface area contributed by atoms with Crippen LogP contribution in [0.4, 0.5) is 0 Å². The number of hydrogen-bond donors (Lipinski definition) is 0. The molecular weight excluding hydrogens is 144 g/mol. The van der Waals surface area contributed by atoms with Crippen LogP contribution in [0.2, 0.25) is 0 Å². The van der Waals surface area contributed by atoms with Crippen molar-refractivity contribution < 1.29 is 0 Å². The Hall–Kier alpha value is 0.290. The van der Waals surface area contributed by atoms with Gasteiger partial charge in [0.15, 0.2) is 0 Å². The highest BCUT2D eigenvalue weighted by Crippen LogP contribution is 2.54. The van der Waals surface area contributed by atoms with Crippen LogP contribution >= 0.6 is 11.6 Å². The number of alkyl halides is 1. The van der Waals surface area contributed by atoms with E-state index in [0.29, 0.717) is 5.41 Å². The molecule has 0 aromatic heterocycles. The molecule has 0 nitrogen and oxygen atoms in total. The van der Waals surface area contributed by atoms with Crippen molar-refractivity contribution in [3.05, 3.63) is 0 Å². The van der Waals surface area contributed by atoms with Gasteiger partial charge in [-0.25, -0.2) is 0 Å². The van der Waals surface area contributed by atoms with Crippen molar-refractivity contribution in [2.75, 3.05) is 5.88 Å². The van der Waals surface area contributed by atoms with Gasteiger partial charge in [-0.3, -0.25) is 0 Å². The average molecular weight is 161 g/mol. The highest BCUT2D eigenvalue weighted by atomic mass is 35.5. The normalized spacial score (nSPS) is 21.6. The lowest BCUT2D eigenvalue weighted by molar-refractivity contribution is 0.319. The van der Waals surface area contributed by atoms with Crippen molar-refractivity contribution in [2.24, 2.45) is 11.3 Å². The molecule has 60 valence electrons. The van der Waals surface area contributed by atoms with E-state index in [9.17, 15) is 0 Å². The molecule has 0 atom stereocenters. The predicted octanol–water partition coefficient (Wildman–Crippen LogP) is 3.44. The Kier molecular flexibility index (Phi) is 2.62. The van der Waals surface area contributed by atoms with Gasteiger partial charge in [0.2, 0.25) is 0 Å². The summed E-state index contributed by atoms with van der Waals surface area (Å²) in [4.78, 5) is 0. The van der Waals surface area contributed by atoms with E-state index in [1.807, 2.05) is 0 Å². The van der Waals surface area contributed by atoms with Crippen molar-refractivity contribution in [3.8, 4) is 0 Å². The summed E-state index contributed by atoms with van der Waals surface area (Å²) >= 11 is 5.91. The molecule has 1 aliphatic carbocycles. The van der Waals surface area contributed by atoms with Crippen molar-refractivity contribution in [2.45, 2.75) is 39.5 Å². The van der Waals surface area contributed by atoms with E-state index in [0.717, 1.165) is 11.8 Å². The third-order valence-electron chi connectivity index (χ3n) is 3.01. The van der Waals surface area contributed by atoms with Gasteiger partial charge in [0.05, 0.1) is 0 Å². The molecule has 0 radical (unpaired) electrons. The summed E-state index contributed by atoms with van der Waals surface area (Å²) in [5.41, 5.74) is 0.574. The molecule has 0 aromatic carbocycles. The fourth-order valence-electron chi connectivity index (χ4n) is 1.97. The molecule has 0 unspecified atom stereocenters. The van der Waals surface area contributed by atoms with Crippen molar-refractivity contribution in [1.82, 2.24) is 0 Å². The van der Waals surface area contributed by atoms with E-state index in [-0.39, 0.29) is 0 Å². The molecule has 10 heavy (non-hydrogen) atoms. The molecule has 1 rings (SSSR count). The first-order valence-electron chi connectivity index (χ1n) is 4.35. The van der Waals surface area contributed by atoms with Gasteiger partial charge in [-0.15, -0.1) is 11.6 Å². The molecule has 0 N–H and O–H groups in total. The molecule has 0 amide bonds. The van der Waals surface area contributed by atoms with Crippen molar-refractivity contribution in [3.63, 3.8) is 0 Å². The van der Waals surface area contributed by atoms with Crippen LogP contribution in [-0.4, -0.2) is 5.88 Å². The first kappa shape index (κ1) is 8.39. The molecule has 0 aromatic rings. The lowest BCUT2D eigenvalue weighted by atomic mass is 9.86. The number of halogens is 1. The second kappa shape index (κ2) is 3.13. The molecule has 0 spiro atoms. The lowest BCUT2D eigenvalue weighted by Gasteiger charge is -2.21. The zero-order valence-corrected chi connectivity index (χ0v) is 7.75. The predicted molar refractivity (Wildman–Crippen MR) is 46.5 cm³/mol. The smallest absolute Gasteiger partial charge is 0.0282 e. The number of hydrogen-bond acceptors (Lipinski definition) is 0. The summed E-state index contributed by atoms with van der Waals surface area (Å²) in [5, 5.41) is 0. The largest absolute Gasteiger partial charge is 0.126 e. The van der Waals surface area contributed by atoms with E-state index in [2.05, 4.69) is 13.8 Å². The summed E-state index contributed by atoms with van der Waals surface area (Å²) in [5.74, 6) is 1.78. The third-order valence-corrected chi connectivity index (χ3v) is 3.54. The summed E-state index contributed by atoms with van der Waals surface area (Å²) in [7, 11) is 0. The summed E-state index contributed by atoms with van der Waals surface area (Å²) in [6, 6.07) is 0. The fourth-order valence-corrected chi connectivity index (χ4v) is 2.45. The van der Waals surface area contributed by atoms with Gasteiger partial charge >= 0.3 is 0 Å². The minimum absolute atomic E-state index is 0.574. The molecule has 0 heterocycles. The van der Waals surface area contributed by atoms with Gasteiger partial charge in [0.25, 0.3) is 0 Å². The number of rotatable bonds is 4. The van der Waals surface area contributed by atoms with Crippen LogP contribution in [0.5, 0.6) is 0 Å². The zero-order valence-electron chi connectivity index (χ0n) is 6.99. The van der Waals surface area contributed by atoms with E-state index in [1.54, 1.807) is 0 Å². The lowest BCUT2D eigenvalue weighted by Crippen LogP contribution is -2.15. The van der Waals surface area contributed by atoms with E-state index in [4.69, 9.17) is 11.6 Å². The highest BCUT2D eigenvalue weighted by Gasteiger charge is 2.46.